The lowest BCUT2D eigenvalue weighted by Crippen LogP contribution is -2.48. The average molecular weight is 453 g/mol. The number of carbonyl (C=O) groups is 2. The van der Waals surface area contributed by atoms with Crippen molar-refractivity contribution < 1.29 is 27.5 Å². The Morgan fingerprint density at radius 3 is 2.67 bits per heavy atom. The van der Waals surface area contributed by atoms with Crippen molar-refractivity contribution in [2.45, 2.75) is 20.0 Å². The number of sulfonamides is 1. The lowest BCUT2D eigenvalue weighted by molar-refractivity contribution is -0.122. The van der Waals surface area contributed by atoms with Gasteiger partial charge in [0.15, 0.2) is 6.10 Å². The van der Waals surface area contributed by atoms with Crippen molar-refractivity contribution in [1.82, 2.24) is 0 Å². The summed E-state index contributed by atoms with van der Waals surface area (Å²) in [6, 6.07) is 9.33. The Morgan fingerprint density at radius 2 is 2.00 bits per heavy atom. The smallest absolute Gasteiger partial charge is 0.338 e. The Morgan fingerprint density at radius 1 is 1.27 bits per heavy atom. The number of benzene rings is 2. The molecule has 0 spiro atoms. The zero-order chi connectivity index (χ0) is 22.1. The molecule has 2 aromatic rings. The number of hydrogen-bond donors (Lipinski definition) is 1. The Bertz CT molecular complexity index is 1100. The quantitative estimate of drug-likeness (QED) is 0.700. The van der Waals surface area contributed by atoms with E-state index in [4.69, 9.17) is 21.1 Å². The highest BCUT2D eigenvalue weighted by Crippen LogP contribution is 2.37. The van der Waals surface area contributed by atoms with E-state index in [1.165, 1.54) is 18.2 Å². The van der Waals surface area contributed by atoms with Gasteiger partial charge < -0.3 is 14.8 Å². The van der Waals surface area contributed by atoms with Crippen LogP contribution in [0.25, 0.3) is 0 Å². The predicted molar refractivity (Wildman–Crippen MR) is 114 cm³/mol. The molecule has 1 atom stereocenters. The molecule has 1 aliphatic rings. The van der Waals surface area contributed by atoms with Crippen molar-refractivity contribution in [3.8, 4) is 5.75 Å². The van der Waals surface area contributed by atoms with Crippen LogP contribution >= 0.6 is 11.6 Å². The van der Waals surface area contributed by atoms with Crippen molar-refractivity contribution in [3.63, 3.8) is 0 Å². The summed E-state index contributed by atoms with van der Waals surface area (Å²) in [5.41, 5.74) is 1.69. The van der Waals surface area contributed by atoms with E-state index in [1.54, 1.807) is 32.0 Å². The van der Waals surface area contributed by atoms with Crippen LogP contribution in [0.2, 0.25) is 5.02 Å². The van der Waals surface area contributed by atoms with E-state index < -0.39 is 28.0 Å². The summed E-state index contributed by atoms with van der Waals surface area (Å²) in [7, 11) is -3.67. The van der Waals surface area contributed by atoms with Crippen LogP contribution in [-0.2, 0) is 19.6 Å². The van der Waals surface area contributed by atoms with Crippen molar-refractivity contribution >= 4 is 44.9 Å². The molecule has 0 radical (unpaired) electrons. The van der Waals surface area contributed by atoms with Crippen LogP contribution in [0.15, 0.2) is 36.4 Å². The normalized spacial score (nSPS) is 15.7. The van der Waals surface area contributed by atoms with E-state index in [-0.39, 0.29) is 24.6 Å². The van der Waals surface area contributed by atoms with Gasteiger partial charge in [-0.15, -0.1) is 0 Å². The molecule has 0 saturated carbocycles. The molecular weight excluding hydrogens is 432 g/mol. The zero-order valence-corrected chi connectivity index (χ0v) is 18.2. The van der Waals surface area contributed by atoms with Crippen LogP contribution in [0, 0.1) is 6.92 Å². The van der Waals surface area contributed by atoms with Crippen molar-refractivity contribution in [3.05, 3.63) is 52.5 Å². The number of aryl methyl sites for hydroxylation is 1. The molecule has 1 aliphatic heterocycles. The van der Waals surface area contributed by atoms with Gasteiger partial charge in [-0.1, -0.05) is 17.7 Å². The molecule has 1 N–H and O–H groups in total. The third-order valence-corrected chi connectivity index (χ3v) is 5.87. The van der Waals surface area contributed by atoms with E-state index in [9.17, 15) is 18.0 Å². The van der Waals surface area contributed by atoms with Gasteiger partial charge in [-0.25, -0.2) is 13.2 Å². The molecular formula is C20H21ClN2O6S. The van der Waals surface area contributed by atoms with Gasteiger partial charge in [-0.2, -0.15) is 0 Å². The molecule has 8 nitrogen and oxygen atoms in total. The molecule has 0 saturated heterocycles. The Balaban J connectivity index is 1.87. The minimum absolute atomic E-state index is 0.214. The Kier molecular flexibility index (Phi) is 6.23. The van der Waals surface area contributed by atoms with E-state index in [1.807, 2.05) is 0 Å². The van der Waals surface area contributed by atoms with Crippen molar-refractivity contribution in [2.24, 2.45) is 0 Å². The van der Waals surface area contributed by atoms with E-state index in [2.05, 4.69) is 5.32 Å². The minimum atomic E-state index is -3.67. The summed E-state index contributed by atoms with van der Waals surface area (Å²) in [5, 5.41) is 3.06. The lowest BCUT2D eigenvalue weighted by Gasteiger charge is -2.34. The molecule has 0 aromatic heterocycles. The fraction of sp³-hybridized carbons (Fsp3) is 0.300. The molecule has 1 amide bonds. The van der Waals surface area contributed by atoms with Crippen LogP contribution in [0.3, 0.4) is 0 Å². The first kappa shape index (κ1) is 21.9. The van der Waals surface area contributed by atoms with Crippen molar-refractivity contribution in [1.29, 1.82) is 0 Å². The number of nitrogens with one attached hydrogen (secondary N) is 1. The van der Waals surface area contributed by atoms with E-state index in [0.29, 0.717) is 16.3 Å². The molecule has 0 aliphatic carbocycles. The maximum atomic E-state index is 12.9. The van der Waals surface area contributed by atoms with Crippen LogP contribution in [-0.4, -0.2) is 45.8 Å². The summed E-state index contributed by atoms with van der Waals surface area (Å²) >= 11 is 5.98. The molecule has 0 fully saturated rings. The fourth-order valence-electron chi connectivity index (χ4n) is 2.99. The second-order valence-electron chi connectivity index (χ2n) is 6.75. The molecule has 0 unspecified atom stereocenters. The van der Waals surface area contributed by atoms with E-state index in [0.717, 1.165) is 16.1 Å². The topological polar surface area (TPSA) is 102 Å². The van der Waals surface area contributed by atoms with Gasteiger partial charge in [-0.3, -0.25) is 9.10 Å². The Labute approximate surface area is 179 Å². The first-order valence-corrected chi connectivity index (χ1v) is 11.4. The van der Waals surface area contributed by atoms with Gasteiger partial charge in [-0.05, 0) is 49.7 Å². The molecule has 30 heavy (non-hydrogen) atoms. The minimum Gasteiger partial charge on any atom is -0.476 e. The third kappa shape index (κ3) is 4.68. The highest BCUT2D eigenvalue weighted by Gasteiger charge is 2.35. The van der Waals surface area contributed by atoms with Gasteiger partial charge in [0.1, 0.15) is 5.75 Å². The van der Waals surface area contributed by atoms with Gasteiger partial charge in [0, 0.05) is 10.7 Å². The number of nitrogens with zero attached hydrogens (tertiary/aromatic N) is 1. The van der Waals surface area contributed by atoms with Crippen LogP contribution in [0.4, 0.5) is 11.4 Å². The number of ether oxygens (including phenoxy) is 2. The van der Waals surface area contributed by atoms with Crippen LogP contribution in [0.1, 0.15) is 22.8 Å². The number of fused-ring (bicyclic) bond motifs is 1. The highest BCUT2D eigenvalue weighted by molar-refractivity contribution is 7.92. The monoisotopic (exact) mass is 452 g/mol. The van der Waals surface area contributed by atoms with Crippen LogP contribution < -0.4 is 14.4 Å². The van der Waals surface area contributed by atoms with Gasteiger partial charge in [0.2, 0.25) is 10.0 Å². The summed E-state index contributed by atoms with van der Waals surface area (Å²) in [6.07, 6.45) is -0.0515. The molecule has 0 bridgehead atoms. The maximum absolute atomic E-state index is 12.9. The number of rotatable bonds is 5. The predicted octanol–water partition coefficient (Wildman–Crippen LogP) is 2.99. The Hall–Kier alpha value is -2.78. The number of esters is 1. The number of halogens is 1. The van der Waals surface area contributed by atoms with Gasteiger partial charge in [0.25, 0.3) is 5.91 Å². The second-order valence-corrected chi connectivity index (χ2v) is 9.10. The standard InChI is InChI=1S/C20H21ClN2O6S/c1-4-28-20(25)13-6-5-12(2)15(9-13)22-19(24)18-11-23(30(3,26)27)16-10-14(21)7-8-17(16)29-18/h5-10,18H,4,11H2,1-3H3,(H,22,24)/t18-/m0/s1. The van der Waals surface area contributed by atoms with E-state index >= 15 is 0 Å². The average Bonchev–Trinajstić information content (AvgIpc) is 2.68. The number of hydrogen-bond acceptors (Lipinski definition) is 6. The van der Waals surface area contributed by atoms with Crippen LogP contribution in [0.5, 0.6) is 5.75 Å². The van der Waals surface area contributed by atoms with Crippen molar-refractivity contribution in [2.75, 3.05) is 29.0 Å². The first-order chi connectivity index (χ1) is 14.1. The molecule has 3 rings (SSSR count). The highest BCUT2D eigenvalue weighted by atomic mass is 35.5. The van der Waals surface area contributed by atoms with Gasteiger partial charge >= 0.3 is 5.97 Å². The molecule has 160 valence electrons. The summed E-state index contributed by atoms with van der Waals surface area (Å²) in [4.78, 5) is 24.8. The largest absolute Gasteiger partial charge is 0.476 e. The second kappa shape index (κ2) is 8.53. The molecule has 10 heteroatoms. The summed E-state index contributed by atoms with van der Waals surface area (Å²) in [6.45, 7) is 3.49. The lowest BCUT2D eigenvalue weighted by atomic mass is 10.1. The third-order valence-electron chi connectivity index (χ3n) is 4.49. The summed E-state index contributed by atoms with van der Waals surface area (Å²) in [5.74, 6) is -0.822. The molecule has 1 heterocycles. The zero-order valence-electron chi connectivity index (χ0n) is 16.6. The SMILES string of the molecule is CCOC(=O)c1ccc(C)c(NC(=O)[C@@H]2CN(S(C)(=O)=O)c3cc(Cl)ccc3O2)c1. The van der Waals surface area contributed by atoms with Gasteiger partial charge in [0.05, 0.1) is 30.7 Å². The molecule has 2 aromatic carbocycles. The fourth-order valence-corrected chi connectivity index (χ4v) is 4.06. The number of anilines is 2. The maximum Gasteiger partial charge on any atom is 0.338 e. The summed E-state index contributed by atoms with van der Waals surface area (Å²) < 4.78 is 36.3. The number of amides is 1. The first-order valence-electron chi connectivity index (χ1n) is 9.12. The number of carbonyl (C=O) groups excluding carboxylic acids is 2.